The Hall–Kier alpha value is -3.65. The number of hydrogen-bond acceptors (Lipinski definition) is 4. The Balaban J connectivity index is 1.70. The van der Waals surface area contributed by atoms with Gasteiger partial charge in [0, 0.05) is 23.6 Å². The Labute approximate surface area is 172 Å². The highest BCUT2D eigenvalue weighted by atomic mass is 32.1. The van der Waals surface area contributed by atoms with Crippen LogP contribution in [0.4, 0.5) is 5.69 Å². The van der Waals surface area contributed by atoms with Gasteiger partial charge in [-0.1, -0.05) is 18.2 Å². The number of hydrogen-bond donors (Lipinski definition) is 1. The second kappa shape index (κ2) is 8.15. The molecule has 0 spiro atoms. The number of anilines is 1. The molecule has 4 aromatic rings. The molecule has 0 aliphatic carbocycles. The van der Waals surface area contributed by atoms with Gasteiger partial charge in [0.2, 0.25) is 10.7 Å². The van der Waals surface area contributed by atoms with Crippen LogP contribution in [0.2, 0.25) is 0 Å². The van der Waals surface area contributed by atoms with Crippen LogP contribution in [-0.2, 0) is 11.3 Å². The Morgan fingerprint density at radius 3 is 2.38 bits per heavy atom. The third-order valence-corrected chi connectivity index (χ3v) is 4.72. The molecule has 7 nitrogen and oxygen atoms in total. The molecule has 0 bridgehead atoms. The molecule has 29 heavy (non-hydrogen) atoms. The molecule has 8 heteroatoms. The van der Waals surface area contributed by atoms with Gasteiger partial charge in [0.1, 0.15) is 12.3 Å². The highest BCUT2D eigenvalue weighted by Crippen LogP contribution is 2.22. The molecule has 1 amide bonds. The number of ether oxygens (including phenoxy) is 1. The summed E-state index contributed by atoms with van der Waals surface area (Å²) in [4.78, 5) is 12.5. The number of nitrogens with one attached hydrogen (secondary N) is 1. The van der Waals surface area contributed by atoms with E-state index >= 15 is 0 Å². The van der Waals surface area contributed by atoms with Crippen molar-refractivity contribution >= 4 is 23.8 Å². The minimum Gasteiger partial charge on any atom is -0.497 e. The number of aromatic nitrogens is 4. The highest BCUT2D eigenvalue weighted by Gasteiger charge is 2.16. The third-order valence-electron chi connectivity index (χ3n) is 4.34. The van der Waals surface area contributed by atoms with E-state index in [1.165, 1.54) is 4.68 Å². The molecule has 1 N–H and O–H groups in total. The van der Waals surface area contributed by atoms with E-state index in [2.05, 4.69) is 10.4 Å². The van der Waals surface area contributed by atoms with E-state index in [9.17, 15) is 4.79 Å². The number of para-hydroxylation sites is 1. The van der Waals surface area contributed by atoms with E-state index < -0.39 is 0 Å². The molecule has 2 heterocycles. The van der Waals surface area contributed by atoms with Crippen LogP contribution in [0.5, 0.6) is 5.75 Å². The molecular formula is C21H19N5O2S. The number of amides is 1. The summed E-state index contributed by atoms with van der Waals surface area (Å²) >= 11 is 5.63. The normalized spacial score (nSPS) is 10.7. The van der Waals surface area contributed by atoms with Gasteiger partial charge in [0.05, 0.1) is 7.11 Å². The maximum atomic E-state index is 12.5. The van der Waals surface area contributed by atoms with Crippen LogP contribution in [0.1, 0.15) is 0 Å². The largest absolute Gasteiger partial charge is 0.497 e. The summed E-state index contributed by atoms with van der Waals surface area (Å²) in [5.74, 6) is 1.17. The van der Waals surface area contributed by atoms with Crippen molar-refractivity contribution in [3.63, 3.8) is 0 Å². The fraction of sp³-hybridized carbons (Fsp3) is 0.0952. The van der Waals surface area contributed by atoms with E-state index in [-0.39, 0.29) is 12.5 Å². The van der Waals surface area contributed by atoms with Crippen molar-refractivity contribution in [2.24, 2.45) is 0 Å². The van der Waals surface area contributed by atoms with E-state index in [1.54, 1.807) is 11.8 Å². The summed E-state index contributed by atoms with van der Waals surface area (Å²) in [6.07, 6.45) is 3.75. The number of benzene rings is 2. The maximum absolute atomic E-state index is 12.5. The predicted molar refractivity (Wildman–Crippen MR) is 113 cm³/mol. The summed E-state index contributed by atoms with van der Waals surface area (Å²) in [7, 11) is 1.62. The molecule has 0 fully saturated rings. The van der Waals surface area contributed by atoms with Crippen molar-refractivity contribution in [1.29, 1.82) is 0 Å². The third kappa shape index (κ3) is 3.97. The van der Waals surface area contributed by atoms with E-state index in [4.69, 9.17) is 17.0 Å². The minimum atomic E-state index is -0.203. The highest BCUT2D eigenvalue weighted by molar-refractivity contribution is 7.71. The first kappa shape index (κ1) is 18.7. The lowest BCUT2D eigenvalue weighted by atomic mass is 10.2. The predicted octanol–water partition coefficient (Wildman–Crippen LogP) is 3.84. The lowest BCUT2D eigenvalue weighted by molar-refractivity contribution is -0.116. The fourth-order valence-corrected chi connectivity index (χ4v) is 3.23. The molecule has 0 unspecified atom stereocenters. The molecule has 2 aromatic carbocycles. The van der Waals surface area contributed by atoms with E-state index in [0.29, 0.717) is 10.6 Å². The van der Waals surface area contributed by atoms with Gasteiger partial charge in [-0.05, 0) is 60.7 Å². The number of carbonyl (C=O) groups is 1. The standard InChI is InChI=1S/C21H19N5O2S/c1-28-18-11-9-16(10-12-18)20-23-25(21(29)26(20)24-13-5-6-14-24)15-19(27)22-17-7-3-2-4-8-17/h2-14H,15H2,1H3,(H,22,27). The summed E-state index contributed by atoms with van der Waals surface area (Å²) < 4.78 is 10.8. The quantitative estimate of drug-likeness (QED) is 0.495. The number of methoxy groups -OCH3 is 1. The summed E-state index contributed by atoms with van der Waals surface area (Å²) in [6.45, 7) is 0.00511. The van der Waals surface area contributed by atoms with Gasteiger partial charge < -0.3 is 10.1 Å². The number of nitrogens with zero attached hydrogens (tertiary/aromatic N) is 4. The van der Waals surface area contributed by atoms with Gasteiger partial charge in [-0.2, -0.15) is 0 Å². The van der Waals surface area contributed by atoms with Crippen molar-refractivity contribution in [3.8, 4) is 17.1 Å². The van der Waals surface area contributed by atoms with Crippen LogP contribution in [-0.4, -0.2) is 32.1 Å². The van der Waals surface area contributed by atoms with Gasteiger partial charge in [-0.15, -0.1) is 5.10 Å². The molecule has 0 radical (unpaired) electrons. The molecule has 2 aromatic heterocycles. The van der Waals surface area contributed by atoms with Crippen LogP contribution in [0.15, 0.2) is 79.1 Å². The summed E-state index contributed by atoms with van der Waals surface area (Å²) in [5, 5.41) is 7.48. The lowest BCUT2D eigenvalue weighted by Crippen LogP contribution is -2.20. The summed E-state index contributed by atoms with van der Waals surface area (Å²) in [6, 6.07) is 20.6. The molecule has 0 aliphatic rings. The van der Waals surface area contributed by atoms with Gasteiger partial charge in [0.15, 0.2) is 5.82 Å². The van der Waals surface area contributed by atoms with Gasteiger partial charge in [-0.25, -0.2) is 9.36 Å². The van der Waals surface area contributed by atoms with Crippen LogP contribution < -0.4 is 10.1 Å². The zero-order valence-electron chi connectivity index (χ0n) is 15.7. The average molecular weight is 405 g/mol. The zero-order chi connectivity index (χ0) is 20.2. The van der Waals surface area contributed by atoms with Crippen LogP contribution in [0.3, 0.4) is 0 Å². The van der Waals surface area contributed by atoms with Gasteiger partial charge in [-0.3, -0.25) is 9.47 Å². The second-order valence-corrected chi connectivity index (χ2v) is 6.65. The molecule has 0 aliphatic heterocycles. The number of rotatable bonds is 6. The van der Waals surface area contributed by atoms with Crippen LogP contribution in [0, 0.1) is 4.77 Å². The smallest absolute Gasteiger partial charge is 0.246 e. The Morgan fingerprint density at radius 2 is 1.72 bits per heavy atom. The minimum absolute atomic E-state index is 0.00511. The zero-order valence-corrected chi connectivity index (χ0v) is 16.5. The lowest BCUT2D eigenvalue weighted by Gasteiger charge is -2.08. The SMILES string of the molecule is COc1ccc(-c2nn(CC(=O)Nc3ccccc3)c(=S)n2-n2cccc2)cc1. The Bertz CT molecular complexity index is 1160. The van der Waals surface area contributed by atoms with Crippen molar-refractivity contribution < 1.29 is 9.53 Å². The first-order valence-corrected chi connectivity index (χ1v) is 9.39. The van der Waals surface area contributed by atoms with Gasteiger partial charge in [0.25, 0.3) is 0 Å². The van der Waals surface area contributed by atoms with Crippen molar-refractivity contribution in [2.75, 3.05) is 12.4 Å². The molecule has 4 rings (SSSR count). The fourth-order valence-electron chi connectivity index (χ4n) is 2.95. The summed E-state index contributed by atoms with van der Waals surface area (Å²) in [5.41, 5.74) is 1.58. The Kier molecular flexibility index (Phi) is 5.26. The first-order chi connectivity index (χ1) is 14.2. The molecule has 146 valence electrons. The van der Waals surface area contributed by atoms with Crippen LogP contribution in [0.25, 0.3) is 11.4 Å². The van der Waals surface area contributed by atoms with Crippen molar-refractivity contribution in [3.05, 3.63) is 83.9 Å². The Morgan fingerprint density at radius 1 is 1.03 bits per heavy atom. The molecular weight excluding hydrogens is 386 g/mol. The second-order valence-electron chi connectivity index (χ2n) is 6.28. The van der Waals surface area contributed by atoms with Gasteiger partial charge >= 0.3 is 0 Å². The topological polar surface area (TPSA) is 66.0 Å². The average Bonchev–Trinajstić information content (AvgIpc) is 3.37. The monoisotopic (exact) mass is 405 g/mol. The molecule has 0 saturated heterocycles. The van der Waals surface area contributed by atoms with Crippen LogP contribution >= 0.6 is 12.2 Å². The molecule has 0 atom stereocenters. The maximum Gasteiger partial charge on any atom is 0.246 e. The molecule has 0 saturated carbocycles. The number of carbonyl (C=O) groups excluding carboxylic acids is 1. The van der Waals surface area contributed by atoms with Crippen molar-refractivity contribution in [1.82, 2.24) is 19.1 Å². The first-order valence-electron chi connectivity index (χ1n) is 8.98. The van der Waals surface area contributed by atoms with Crippen molar-refractivity contribution in [2.45, 2.75) is 6.54 Å². The van der Waals surface area contributed by atoms with E-state index in [1.807, 2.05) is 83.8 Å². The van der Waals surface area contributed by atoms with E-state index in [0.717, 1.165) is 17.0 Å².